The van der Waals surface area contributed by atoms with Gasteiger partial charge < -0.3 is 35.6 Å². The minimum atomic E-state index is -1.73. The summed E-state index contributed by atoms with van der Waals surface area (Å²) in [7, 11) is 0. The van der Waals surface area contributed by atoms with E-state index in [0.29, 0.717) is 11.3 Å². The molecule has 6 N–H and O–H groups in total. The molecule has 4 rings (SSSR count). The zero-order valence-electron chi connectivity index (χ0n) is 26.7. The number of nitrogens with one attached hydrogen (secondary N) is 1. The van der Waals surface area contributed by atoms with Gasteiger partial charge in [-0.1, -0.05) is 65.5 Å². The van der Waals surface area contributed by atoms with Crippen molar-refractivity contribution in [3.63, 3.8) is 0 Å². The Hall–Kier alpha value is -1.19. The highest BCUT2D eigenvalue weighted by molar-refractivity contribution is 5.67. The van der Waals surface area contributed by atoms with Crippen LogP contribution in [0.3, 0.4) is 0 Å². The molecule has 4 aliphatic carbocycles. The zero-order valence-corrected chi connectivity index (χ0v) is 26.7. The summed E-state index contributed by atoms with van der Waals surface area (Å²) in [5, 5.41) is 50.7. The second kappa shape index (κ2) is 13.8. The third kappa shape index (κ3) is 6.88. The third-order valence-corrected chi connectivity index (χ3v) is 12.3. The summed E-state index contributed by atoms with van der Waals surface area (Å²) in [4.78, 5) is 12.5. The summed E-state index contributed by atoms with van der Waals surface area (Å²) in [6.07, 6.45) is 8.14. The molecule has 3 saturated carbocycles. The number of hydrogen-bond acceptors (Lipinski definition) is 7. The molecule has 0 spiro atoms. The second-order valence-corrected chi connectivity index (χ2v) is 15.2. The van der Waals surface area contributed by atoms with Crippen molar-refractivity contribution in [2.24, 2.45) is 46.3 Å². The van der Waals surface area contributed by atoms with Gasteiger partial charge in [0, 0.05) is 13.0 Å². The van der Waals surface area contributed by atoms with Gasteiger partial charge in [-0.25, -0.2) is 4.79 Å². The summed E-state index contributed by atoms with van der Waals surface area (Å²) >= 11 is 0. The molecule has 0 heterocycles. The maximum absolute atomic E-state index is 12.5. The van der Waals surface area contributed by atoms with E-state index in [1.54, 1.807) is 0 Å². The normalized spacial score (nSPS) is 37.9. The first-order chi connectivity index (χ1) is 19.8. The van der Waals surface area contributed by atoms with E-state index in [-0.39, 0.29) is 18.1 Å². The first-order valence-electron chi connectivity index (χ1n) is 16.8. The standard InChI is InChI=1S/C34H59NO7/c1-20(2)7-6-8-21(3)25-11-12-26-24-10-9-22-17-23(13-15-33(22,4)27(24)14-16-34(25,26)5)42-32(41)35-18-28(37)30(39)31(40)29(38)19-36/h9,20-21,23-31,36-40H,6-8,10-19H2,1-5H3,(H,35,41)/t21-,23-,24+,25-,26+,27+,28-,29-,30-,31-,33-,34+/m0/s1. The van der Waals surface area contributed by atoms with Gasteiger partial charge in [0.25, 0.3) is 0 Å². The smallest absolute Gasteiger partial charge is 0.407 e. The molecule has 8 nitrogen and oxygen atoms in total. The predicted octanol–water partition coefficient (Wildman–Crippen LogP) is 4.56. The summed E-state index contributed by atoms with van der Waals surface area (Å²) in [6, 6.07) is 0. The van der Waals surface area contributed by atoms with Crippen LogP contribution in [-0.2, 0) is 4.74 Å². The largest absolute Gasteiger partial charge is 0.446 e. The van der Waals surface area contributed by atoms with Crippen LogP contribution in [0.2, 0.25) is 0 Å². The first-order valence-corrected chi connectivity index (χ1v) is 16.8. The molecule has 0 aromatic heterocycles. The van der Waals surface area contributed by atoms with Gasteiger partial charge in [0.15, 0.2) is 0 Å². The molecule has 0 radical (unpaired) electrons. The molecule has 1 amide bonds. The topological polar surface area (TPSA) is 139 Å². The van der Waals surface area contributed by atoms with Crippen LogP contribution in [0.1, 0.15) is 105 Å². The lowest BCUT2D eigenvalue weighted by molar-refractivity contribution is -0.113. The summed E-state index contributed by atoms with van der Waals surface area (Å²) in [5.74, 6) is 4.69. The van der Waals surface area contributed by atoms with Crippen molar-refractivity contribution in [3.8, 4) is 0 Å². The van der Waals surface area contributed by atoms with Crippen LogP contribution < -0.4 is 5.32 Å². The number of aliphatic hydroxyl groups is 5. The molecule has 0 aromatic carbocycles. The minimum absolute atomic E-state index is 0.158. The number of hydrogen-bond donors (Lipinski definition) is 6. The highest BCUT2D eigenvalue weighted by atomic mass is 16.6. The number of fused-ring (bicyclic) bond motifs is 5. The van der Waals surface area contributed by atoms with Crippen molar-refractivity contribution in [1.82, 2.24) is 5.32 Å². The van der Waals surface area contributed by atoms with E-state index < -0.39 is 37.1 Å². The SMILES string of the molecule is CC(C)CCC[C@H](C)[C@@H]1CC[C@@H]2[C@H]3CC=C4C[C@@H](OC(=O)NC[C@H](O)[C@H](O)[C@@H](O)[C@@H](O)CO)CC[C@]4(C)[C@@H]3CC[C@@]21C. The van der Waals surface area contributed by atoms with Crippen LogP contribution in [-0.4, -0.2) is 75.3 Å². The molecule has 12 atom stereocenters. The van der Waals surface area contributed by atoms with Crippen LogP contribution in [0.4, 0.5) is 4.79 Å². The van der Waals surface area contributed by atoms with Crippen LogP contribution in [0.15, 0.2) is 11.6 Å². The number of alkyl carbamates (subject to hydrolysis) is 1. The number of ether oxygens (including phenoxy) is 1. The van der Waals surface area contributed by atoms with Gasteiger partial charge in [-0.3, -0.25) is 0 Å². The van der Waals surface area contributed by atoms with Gasteiger partial charge in [0.1, 0.15) is 24.4 Å². The number of amides is 1. The quantitative estimate of drug-likeness (QED) is 0.182. The number of allylic oxidation sites excluding steroid dienone is 1. The van der Waals surface area contributed by atoms with E-state index in [0.717, 1.165) is 55.3 Å². The maximum Gasteiger partial charge on any atom is 0.407 e. The highest BCUT2D eigenvalue weighted by Gasteiger charge is 2.59. The Morgan fingerprint density at radius 2 is 1.69 bits per heavy atom. The monoisotopic (exact) mass is 593 g/mol. The van der Waals surface area contributed by atoms with Crippen LogP contribution in [0.25, 0.3) is 0 Å². The summed E-state index contributed by atoms with van der Waals surface area (Å²) < 4.78 is 5.72. The molecule has 42 heavy (non-hydrogen) atoms. The molecule has 4 aliphatic rings. The third-order valence-electron chi connectivity index (χ3n) is 12.3. The van der Waals surface area contributed by atoms with Gasteiger partial charge in [0.2, 0.25) is 0 Å². The fraction of sp³-hybridized carbons (Fsp3) is 0.912. The molecule has 3 fully saturated rings. The van der Waals surface area contributed by atoms with E-state index in [4.69, 9.17) is 9.84 Å². The number of rotatable bonds is 12. The Morgan fingerprint density at radius 3 is 2.38 bits per heavy atom. The minimum Gasteiger partial charge on any atom is -0.446 e. The van der Waals surface area contributed by atoms with E-state index in [1.807, 2.05) is 0 Å². The van der Waals surface area contributed by atoms with Crippen LogP contribution >= 0.6 is 0 Å². The number of aliphatic hydroxyl groups excluding tert-OH is 5. The fourth-order valence-corrected chi connectivity index (χ4v) is 9.82. The Balaban J connectivity index is 1.31. The Kier molecular flexibility index (Phi) is 11.1. The van der Waals surface area contributed by atoms with E-state index >= 15 is 0 Å². The van der Waals surface area contributed by atoms with Gasteiger partial charge in [-0.15, -0.1) is 0 Å². The molecule has 0 aromatic rings. The van der Waals surface area contributed by atoms with Crippen molar-refractivity contribution in [1.29, 1.82) is 0 Å². The molecule has 242 valence electrons. The van der Waals surface area contributed by atoms with Gasteiger partial charge in [-0.2, -0.15) is 0 Å². The van der Waals surface area contributed by atoms with Crippen LogP contribution in [0.5, 0.6) is 0 Å². The molecule has 8 heteroatoms. The zero-order chi connectivity index (χ0) is 30.8. The lowest BCUT2D eigenvalue weighted by Crippen LogP contribution is -2.51. The Bertz CT molecular complexity index is 941. The second-order valence-electron chi connectivity index (χ2n) is 15.2. The van der Waals surface area contributed by atoms with Crippen molar-refractivity contribution >= 4 is 6.09 Å². The molecule has 0 unspecified atom stereocenters. The van der Waals surface area contributed by atoms with E-state index in [2.05, 4.69) is 46.0 Å². The highest BCUT2D eigenvalue weighted by Crippen LogP contribution is 2.67. The molecular formula is C34H59NO7. The first kappa shape index (κ1) is 33.7. The summed E-state index contributed by atoms with van der Waals surface area (Å²) in [5.41, 5.74) is 2.05. The average molecular weight is 594 g/mol. The number of carbonyl (C=O) groups is 1. The van der Waals surface area contributed by atoms with Crippen LogP contribution in [0, 0.1) is 46.3 Å². The van der Waals surface area contributed by atoms with Crippen molar-refractivity contribution < 1.29 is 35.1 Å². The van der Waals surface area contributed by atoms with Gasteiger partial charge in [-0.05, 0) is 91.3 Å². The fourth-order valence-electron chi connectivity index (χ4n) is 9.82. The molecule has 0 bridgehead atoms. The molecule has 0 saturated heterocycles. The van der Waals surface area contributed by atoms with Gasteiger partial charge >= 0.3 is 6.09 Å². The maximum atomic E-state index is 12.5. The Labute approximate surface area is 253 Å². The van der Waals surface area contributed by atoms with E-state index in [1.165, 1.54) is 50.5 Å². The molecule has 0 aliphatic heterocycles. The number of carbonyl (C=O) groups excluding carboxylic acids is 1. The predicted molar refractivity (Wildman–Crippen MR) is 162 cm³/mol. The Morgan fingerprint density at radius 1 is 0.976 bits per heavy atom. The lowest BCUT2D eigenvalue weighted by atomic mass is 9.47. The van der Waals surface area contributed by atoms with Crippen molar-refractivity contribution in [2.45, 2.75) is 136 Å². The lowest BCUT2D eigenvalue weighted by Gasteiger charge is -2.58. The van der Waals surface area contributed by atoms with Crippen molar-refractivity contribution in [3.05, 3.63) is 11.6 Å². The van der Waals surface area contributed by atoms with Gasteiger partial charge in [0.05, 0.1) is 12.7 Å². The van der Waals surface area contributed by atoms with Crippen molar-refractivity contribution in [2.75, 3.05) is 13.2 Å². The van der Waals surface area contributed by atoms with E-state index in [9.17, 15) is 25.2 Å². The average Bonchev–Trinajstić information content (AvgIpc) is 3.31. The molecular weight excluding hydrogens is 534 g/mol. The summed E-state index contributed by atoms with van der Waals surface area (Å²) in [6.45, 7) is 11.2.